The van der Waals surface area contributed by atoms with Gasteiger partial charge in [-0.1, -0.05) is 12.1 Å². The maximum absolute atomic E-state index is 16.0. The van der Waals surface area contributed by atoms with E-state index in [-0.39, 0.29) is 54.8 Å². The van der Waals surface area contributed by atoms with Crippen LogP contribution in [-0.2, 0) is 33.8 Å². The number of amides is 4. The second kappa shape index (κ2) is 16.4. The zero-order valence-electron chi connectivity index (χ0n) is 32.7. The van der Waals surface area contributed by atoms with E-state index in [0.717, 1.165) is 30.2 Å². The Morgan fingerprint density at radius 2 is 1.65 bits per heavy atom. The molecule has 3 saturated heterocycles. The summed E-state index contributed by atoms with van der Waals surface area (Å²) in [6.07, 6.45) is 2.20. The van der Waals surface area contributed by atoms with Gasteiger partial charge in [-0.25, -0.2) is 13.2 Å². The zero-order valence-corrected chi connectivity index (χ0v) is 32.7. The van der Waals surface area contributed by atoms with Gasteiger partial charge in [-0.3, -0.25) is 34.5 Å². The van der Waals surface area contributed by atoms with E-state index < -0.39 is 35.3 Å². The summed E-state index contributed by atoms with van der Waals surface area (Å²) in [5.74, 6) is -3.08. The van der Waals surface area contributed by atoms with Crippen LogP contribution >= 0.6 is 0 Å². The van der Waals surface area contributed by atoms with Crippen molar-refractivity contribution in [1.82, 2.24) is 25.3 Å². The molecular formula is C44H43F3N8O5. The van der Waals surface area contributed by atoms with Crippen LogP contribution in [0.3, 0.4) is 0 Å². The number of carbonyl (C=O) groups excluding carboxylic acids is 4. The topological polar surface area (TPSA) is 152 Å². The molecule has 9 rings (SSSR count). The SMILES string of the molecule is O=C1CCC(N2Cc3c(ccc(CN4CCN(c5ccc(C(=O)Nc6n[nH]c7ccc(Cc8cc(F)cc(F)c8)cc67)c(NC6CCOCC6)c5)CC4)c3F)C2=O)C(=O)N1. The van der Waals surface area contributed by atoms with Gasteiger partial charge >= 0.3 is 0 Å². The molecule has 60 heavy (non-hydrogen) atoms. The fraction of sp³-hybridized carbons (Fsp3) is 0.341. The maximum Gasteiger partial charge on any atom is 0.258 e. The number of rotatable bonds is 10. The van der Waals surface area contributed by atoms with Crippen LogP contribution in [0.25, 0.3) is 10.9 Å². The number of benzene rings is 4. The van der Waals surface area contributed by atoms with Crippen molar-refractivity contribution < 1.29 is 37.1 Å². The molecule has 5 aromatic rings. The van der Waals surface area contributed by atoms with Crippen molar-refractivity contribution in [2.45, 2.75) is 57.3 Å². The third-order valence-corrected chi connectivity index (χ3v) is 11.9. The number of nitrogens with one attached hydrogen (secondary N) is 4. The maximum atomic E-state index is 16.0. The summed E-state index contributed by atoms with van der Waals surface area (Å²) in [4.78, 5) is 57.0. The van der Waals surface area contributed by atoms with Gasteiger partial charge in [0.25, 0.3) is 11.8 Å². The highest BCUT2D eigenvalue weighted by Gasteiger charge is 2.40. The van der Waals surface area contributed by atoms with Crippen LogP contribution < -0.4 is 20.9 Å². The number of aromatic amines is 1. The smallest absolute Gasteiger partial charge is 0.258 e. The number of imide groups is 1. The molecule has 1 aromatic heterocycles. The minimum atomic E-state index is -0.811. The normalized spacial score (nSPS) is 18.9. The molecule has 310 valence electrons. The summed E-state index contributed by atoms with van der Waals surface area (Å²) in [6, 6.07) is 17.2. The lowest BCUT2D eigenvalue weighted by Gasteiger charge is -2.36. The van der Waals surface area contributed by atoms with E-state index in [2.05, 4.69) is 35.9 Å². The van der Waals surface area contributed by atoms with E-state index in [1.165, 1.54) is 17.0 Å². The second-order valence-electron chi connectivity index (χ2n) is 15.8. The fourth-order valence-electron chi connectivity index (χ4n) is 8.68. The number of carbonyl (C=O) groups is 4. The number of ether oxygens (including phenoxy) is 1. The summed E-state index contributed by atoms with van der Waals surface area (Å²) >= 11 is 0. The Bertz CT molecular complexity index is 2490. The Morgan fingerprint density at radius 3 is 2.42 bits per heavy atom. The van der Waals surface area contributed by atoms with Gasteiger partial charge in [0, 0.05) is 97.9 Å². The van der Waals surface area contributed by atoms with Crippen LogP contribution in [0.4, 0.5) is 30.4 Å². The largest absolute Gasteiger partial charge is 0.381 e. The molecular weight excluding hydrogens is 778 g/mol. The van der Waals surface area contributed by atoms with Gasteiger partial charge in [0.1, 0.15) is 23.5 Å². The summed E-state index contributed by atoms with van der Waals surface area (Å²) < 4.78 is 49.3. The highest BCUT2D eigenvalue weighted by atomic mass is 19.1. The third-order valence-electron chi connectivity index (χ3n) is 11.9. The van der Waals surface area contributed by atoms with Crippen molar-refractivity contribution in [3.8, 4) is 0 Å². The van der Waals surface area contributed by atoms with E-state index in [1.54, 1.807) is 18.2 Å². The molecule has 16 heteroatoms. The Morgan fingerprint density at radius 1 is 0.867 bits per heavy atom. The van der Waals surface area contributed by atoms with Gasteiger partial charge in [0.2, 0.25) is 11.8 Å². The number of anilines is 3. The van der Waals surface area contributed by atoms with Crippen molar-refractivity contribution in [3.05, 3.63) is 118 Å². The van der Waals surface area contributed by atoms with Gasteiger partial charge < -0.3 is 25.2 Å². The van der Waals surface area contributed by atoms with Gasteiger partial charge in [-0.2, -0.15) is 5.10 Å². The monoisotopic (exact) mass is 820 g/mol. The number of piperazine rings is 1. The molecule has 13 nitrogen and oxygen atoms in total. The minimum Gasteiger partial charge on any atom is -0.381 e. The Kier molecular flexibility index (Phi) is 10.7. The molecule has 1 unspecified atom stereocenters. The zero-order chi connectivity index (χ0) is 41.5. The molecule has 0 saturated carbocycles. The molecule has 0 aliphatic carbocycles. The van der Waals surface area contributed by atoms with Crippen LogP contribution in [0.5, 0.6) is 0 Å². The quantitative estimate of drug-likeness (QED) is 0.134. The van der Waals surface area contributed by atoms with E-state index >= 15 is 4.39 Å². The average molecular weight is 821 g/mol. The number of piperidine rings is 1. The second-order valence-corrected chi connectivity index (χ2v) is 15.8. The van der Waals surface area contributed by atoms with Crippen molar-refractivity contribution in [3.63, 3.8) is 0 Å². The molecule has 3 fully saturated rings. The third kappa shape index (κ3) is 8.04. The number of aromatic nitrogens is 2. The van der Waals surface area contributed by atoms with Gasteiger partial charge in [0.05, 0.1) is 17.6 Å². The van der Waals surface area contributed by atoms with Crippen molar-refractivity contribution >= 4 is 51.7 Å². The van der Waals surface area contributed by atoms with Gasteiger partial charge in [0.15, 0.2) is 5.82 Å². The fourth-order valence-corrected chi connectivity index (χ4v) is 8.68. The van der Waals surface area contributed by atoms with Crippen LogP contribution in [0.2, 0.25) is 0 Å². The lowest BCUT2D eigenvalue weighted by molar-refractivity contribution is -0.136. The van der Waals surface area contributed by atoms with Crippen LogP contribution in [0.15, 0.2) is 66.7 Å². The Hall–Kier alpha value is -6.26. The van der Waals surface area contributed by atoms with Crippen molar-refractivity contribution in [2.24, 2.45) is 0 Å². The lowest BCUT2D eigenvalue weighted by Crippen LogP contribution is -2.52. The first-order valence-electron chi connectivity index (χ1n) is 20.2. The van der Waals surface area contributed by atoms with Crippen LogP contribution in [-0.4, -0.2) is 95.1 Å². The van der Waals surface area contributed by atoms with E-state index in [9.17, 15) is 28.0 Å². The van der Waals surface area contributed by atoms with Crippen molar-refractivity contribution in [1.29, 1.82) is 0 Å². The molecule has 1 atom stereocenters. The number of H-pyrrole nitrogens is 1. The Balaban J connectivity index is 0.879. The lowest BCUT2D eigenvalue weighted by atomic mass is 10.0. The number of halogens is 3. The number of hydrogen-bond acceptors (Lipinski definition) is 9. The summed E-state index contributed by atoms with van der Waals surface area (Å²) in [6.45, 7) is 4.15. The summed E-state index contributed by atoms with van der Waals surface area (Å²) in [5.41, 5.74) is 5.01. The molecule has 4 aliphatic heterocycles. The van der Waals surface area contributed by atoms with Gasteiger partial charge in [-0.15, -0.1) is 0 Å². The highest BCUT2D eigenvalue weighted by Crippen LogP contribution is 2.33. The van der Waals surface area contributed by atoms with Crippen molar-refractivity contribution in [2.75, 3.05) is 54.9 Å². The minimum absolute atomic E-state index is 0.0212. The molecule has 4 N–H and O–H groups in total. The first-order valence-corrected chi connectivity index (χ1v) is 20.2. The molecule has 0 radical (unpaired) electrons. The molecule has 0 spiro atoms. The molecule has 4 amide bonds. The average Bonchev–Trinajstić information content (AvgIpc) is 3.79. The summed E-state index contributed by atoms with van der Waals surface area (Å²) in [5, 5.41) is 16.8. The van der Waals surface area contributed by atoms with Crippen LogP contribution in [0.1, 0.15) is 68.7 Å². The summed E-state index contributed by atoms with van der Waals surface area (Å²) in [7, 11) is 0. The Labute approximate surface area is 343 Å². The van der Waals surface area contributed by atoms with E-state index in [0.29, 0.717) is 85.0 Å². The van der Waals surface area contributed by atoms with E-state index in [4.69, 9.17) is 4.74 Å². The molecule has 5 heterocycles. The standard InChI is InChI=1S/C44H43F3N8O5/c45-28-18-26(19-29(46)21-28)17-25-1-6-36-34(20-25)41(52-51-36)50-42(57)33-5-3-31(22-37(33)48-30-9-15-60-16-10-30)54-13-11-53(12-14-54)23-27-2-4-32-35(40(27)47)24-55(44(32)59)38-7-8-39(56)49-43(38)58/h1-6,18-22,30,38,48H,7-17,23-24H2,(H,49,56,58)(H2,50,51,52,57). The van der Waals surface area contributed by atoms with Gasteiger partial charge in [-0.05, 0) is 85.3 Å². The highest BCUT2D eigenvalue weighted by molar-refractivity contribution is 6.11. The number of fused-ring (bicyclic) bond motifs is 2. The molecule has 4 aliphatic rings. The van der Waals surface area contributed by atoms with Crippen LogP contribution in [0, 0.1) is 17.5 Å². The molecule has 4 aromatic carbocycles. The first kappa shape index (κ1) is 39.2. The number of hydrogen-bond donors (Lipinski definition) is 4. The van der Waals surface area contributed by atoms with E-state index in [1.807, 2.05) is 30.3 Å². The number of nitrogens with zero attached hydrogens (tertiary/aromatic N) is 4. The molecule has 0 bridgehead atoms. The predicted molar refractivity (Wildman–Crippen MR) is 217 cm³/mol. The predicted octanol–water partition coefficient (Wildman–Crippen LogP) is 5.50. The first-order chi connectivity index (χ1) is 29.1.